The molecule has 0 radical (unpaired) electrons. The molecular weight excluding hydrogens is 373 g/mol. The van der Waals surface area contributed by atoms with Crippen LogP contribution in [0.2, 0.25) is 5.02 Å². The Morgan fingerprint density at radius 1 is 1.31 bits per heavy atom. The van der Waals surface area contributed by atoms with Crippen molar-refractivity contribution in [1.29, 1.82) is 0 Å². The molecule has 9 heteroatoms. The molecule has 2 aliphatic carbocycles. The fourth-order valence-electron chi connectivity index (χ4n) is 3.90. The van der Waals surface area contributed by atoms with Crippen molar-refractivity contribution >= 4 is 29.3 Å². The number of halogens is 4. The lowest BCUT2D eigenvalue weighted by molar-refractivity contribution is -0.148. The van der Waals surface area contributed by atoms with Crippen LogP contribution in [0.5, 0.6) is 0 Å². The first kappa shape index (κ1) is 18.9. The van der Waals surface area contributed by atoms with E-state index in [1.807, 2.05) is 0 Å². The van der Waals surface area contributed by atoms with E-state index in [9.17, 15) is 22.8 Å². The van der Waals surface area contributed by atoms with Crippen LogP contribution < -0.4 is 5.32 Å². The van der Waals surface area contributed by atoms with Gasteiger partial charge in [0.1, 0.15) is 0 Å². The van der Waals surface area contributed by atoms with Crippen molar-refractivity contribution in [2.24, 2.45) is 17.8 Å². The van der Waals surface area contributed by atoms with E-state index in [4.69, 9.17) is 16.3 Å². The van der Waals surface area contributed by atoms with Crippen LogP contribution in [0.25, 0.3) is 0 Å². The Labute approximate surface area is 153 Å². The highest BCUT2D eigenvalue weighted by atomic mass is 35.5. The van der Waals surface area contributed by atoms with Crippen molar-refractivity contribution in [3.8, 4) is 0 Å². The molecule has 0 aromatic carbocycles. The van der Waals surface area contributed by atoms with E-state index >= 15 is 0 Å². The van der Waals surface area contributed by atoms with Crippen molar-refractivity contribution in [1.82, 2.24) is 4.98 Å². The Morgan fingerprint density at radius 2 is 2.08 bits per heavy atom. The zero-order valence-corrected chi connectivity index (χ0v) is 14.6. The van der Waals surface area contributed by atoms with Gasteiger partial charge in [-0.1, -0.05) is 18.0 Å². The number of alkyl halides is 3. The molecule has 1 heterocycles. The minimum atomic E-state index is -4.58. The van der Waals surface area contributed by atoms with Gasteiger partial charge in [-0.25, -0.2) is 4.98 Å². The van der Waals surface area contributed by atoms with Crippen molar-refractivity contribution in [2.75, 3.05) is 11.9 Å². The van der Waals surface area contributed by atoms with Gasteiger partial charge in [0.2, 0.25) is 0 Å². The first-order chi connectivity index (χ1) is 12.2. The van der Waals surface area contributed by atoms with Gasteiger partial charge in [0.25, 0.3) is 5.91 Å². The van der Waals surface area contributed by atoms with Crippen molar-refractivity contribution in [2.45, 2.75) is 38.3 Å². The fourth-order valence-corrected chi connectivity index (χ4v) is 4.11. The topological polar surface area (TPSA) is 68.3 Å². The van der Waals surface area contributed by atoms with E-state index < -0.39 is 30.2 Å². The summed E-state index contributed by atoms with van der Waals surface area (Å²) in [5.41, 5.74) is -1.02. The van der Waals surface area contributed by atoms with Crippen molar-refractivity contribution in [3.05, 3.63) is 22.8 Å². The molecule has 2 saturated carbocycles. The predicted octanol–water partition coefficient (Wildman–Crippen LogP) is 4.06. The van der Waals surface area contributed by atoms with Crippen molar-refractivity contribution in [3.63, 3.8) is 0 Å². The van der Waals surface area contributed by atoms with Crippen LogP contribution in [0.3, 0.4) is 0 Å². The molecule has 0 spiro atoms. The van der Waals surface area contributed by atoms with Crippen molar-refractivity contribution < 1.29 is 27.5 Å². The molecule has 3 rings (SSSR count). The number of carbonyl (C=O) groups is 2. The molecule has 0 saturated heterocycles. The third-order valence-electron chi connectivity index (χ3n) is 5.10. The molecule has 2 aliphatic rings. The number of anilines is 1. The number of aromatic nitrogens is 1. The molecule has 142 valence electrons. The van der Waals surface area contributed by atoms with Crippen LogP contribution in [0.4, 0.5) is 19.0 Å². The molecule has 26 heavy (non-hydrogen) atoms. The molecule has 5 nitrogen and oxygen atoms in total. The summed E-state index contributed by atoms with van der Waals surface area (Å²) < 4.78 is 42.6. The summed E-state index contributed by atoms with van der Waals surface area (Å²) >= 11 is 5.71. The van der Waals surface area contributed by atoms with Gasteiger partial charge in [-0.05, 0) is 43.1 Å². The highest BCUT2D eigenvalue weighted by Gasteiger charge is 2.40. The zero-order valence-electron chi connectivity index (χ0n) is 13.8. The maximum atomic E-state index is 12.6. The zero-order chi connectivity index (χ0) is 18.9. The Balaban J connectivity index is 1.46. The number of amides is 1. The number of rotatable bonds is 5. The van der Waals surface area contributed by atoms with Gasteiger partial charge in [-0.3, -0.25) is 9.59 Å². The van der Waals surface area contributed by atoms with E-state index in [1.165, 1.54) is 12.8 Å². The Morgan fingerprint density at radius 3 is 2.65 bits per heavy atom. The van der Waals surface area contributed by atoms with E-state index in [0.29, 0.717) is 36.4 Å². The summed E-state index contributed by atoms with van der Waals surface area (Å²) in [5.74, 6) is 0.263. The van der Waals surface area contributed by atoms with Gasteiger partial charge < -0.3 is 10.1 Å². The van der Waals surface area contributed by atoms with Crippen LogP contribution in [-0.4, -0.2) is 23.5 Å². The number of fused-ring (bicyclic) bond motifs is 2. The van der Waals surface area contributed by atoms with Gasteiger partial charge in [0.05, 0.1) is 10.6 Å². The summed E-state index contributed by atoms with van der Waals surface area (Å²) in [6, 6.07) is 0.672. The fraction of sp³-hybridized carbons (Fsp3) is 0.588. The minimum absolute atomic E-state index is 0.214. The molecule has 0 unspecified atom stereocenters. The molecule has 1 N–H and O–H groups in total. The molecular formula is C17H18ClF3N2O3. The predicted molar refractivity (Wildman–Crippen MR) is 87.4 cm³/mol. The molecule has 2 fully saturated rings. The summed E-state index contributed by atoms with van der Waals surface area (Å²) in [6.45, 7) is -0.529. The molecule has 0 aliphatic heterocycles. The maximum absolute atomic E-state index is 12.6. The average molecular weight is 391 g/mol. The molecule has 1 amide bonds. The number of nitrogens with zero attached hydrogens (tertiary/aromatic N) is 1. The number of carbonyl (C=O) groups excluding carboxylic acids is 2. The second-order valence-electron chi connectivity index (χ2n) is 6.90. The molecule has 1 aromatic heterocycles. The van der Waals surface area contributed by atoms with Crippen LogP contribution in [0, 0.1) is 17.8 Å². The summed E-state index contributed by atoms with van der Waals surface area (Å²) in [4.78, 5) is 27.2. The second kappa shape index (κ2) is 7.42. The first-order valence-corrected chi connectivity index (χ1v) is 8.78. The Hall–Kier alpha value is -1.83. The molecule has 3 atom stereocenters. The van der Waals surface area contributed by atoms with E-state index in [2.05, 4.69) is 10.3 Å². The number of hydrogen-bond donors (Lipinski definition) is 1. The number of ether oxygens (including phenoxy) is 1. The largest absolute Gasteiger partial charge is 0.456 e. The Bertz CT molecular complexity index is 711. The minimum Gasteiger partial charge on any atom is -0.456 e. The number of hydrogen-bond acceptors (Lipinski definition) is 4. The first-order valence-electron chi connectivity index (χ1n) is 8.40. The van der Waals surface area contributed by atoms with E-state index in [-0.39, 0.29) is 10.8 Å². The number of esters is 1. The van der Waals surface area contributed by atoms with Crippen LogP contribution in [-0.2, 0) is 20.5 Å². The number of pyridine rings is 1. The van der Waals surface area contributed by atoms with Gasteiger partial charge in [-0.15, -0.1) is 0 Å². The van der Waals surface area contributed by atoms with Gasteiger partial charge in [-0.2, -0.15) is 13.2 Å². The lowest BCUT2D eigenvalue weighted by Gasteiger charge is -2.20. The molecule has 1 aromatic rings. The molecule has 2 bridgehead atoms. The number of nitrogens with one attached hydrogen (secondary N) is 1. The van der Waals surface area contributed by atoms with Gasteiger partial charge in [0, 0.05) is 12.6 Å². The van der Waals surface area contributed by atoms with E-state index in [1.54, 1.807) is 0 Å². The van der Waals surface area contributed by atoms with Crippen LogP contribution in [0.1, 0.15) is 37.7 Å². The van der Waals surface area contributed by atoms with Crippen LogP contribution >= 0.6 is 11.6 Å². The smallest absolute Gasteiger partial charge is 0.417 e. The standard InChI is InChI=1S/C17H18ClF3N2O3/c18-13-6-12(17(19,20)21)7-22-16(13)23-14(24)8-26-15(25)5-11-4-9-1-2-10(11)3-9/h6-7,9-11H,1-5,8H2,(H,22,23,24)/t9-,10+,11+/m0/s1. The lowest BCUT2D eigenvalue weighted by atomic mass is 9.86. The maximum Gasteiger partial charge on any atom is 0.417 e. The third kappa shape index (κ3) is 4.47. The van der Waals surface area contributed by atoms with Gasteiger partial charge in [0.15, 0.2) is 12.4 Å². The van der Waals surface area contributed by atoms with Crippen LogP contribution in [0.15, 0.2) is 12.3 Å². The van der Waals surface area contributed by atoms with E-state index in [0.717, 1.165) is 12.8 Å². The highest BCUT2D eigenvalue weighted by molar-refractivity contribution is 6.33. The monoisotopic (exact) mass is 390 g/mol. The quantitative estimate of drug-likeness (QED) is 0.770. The lowest BCUT2D eigenvalue weighted by Crippen LogP contribution is -2.23. The summed E-state index contributed by atoms with van der Waals surface area (Å²) in [5, 5.41) is 1.89. The Kier molecular flexibility index (Phi) is 5.41. The second-order valence-corrected chi connectivity index (χ2v) is 7.31. The third-order valence-corrected chi connectivity index (χ3v) is 5.39. The normalized spacial score (nSPS) is 24.5. The SMILES string of the molecule is O=C(COC(=O)C[C@H]1C[C@H]2CC[C@@H]1C2)Nc1ncc(C(F)(F)F)cc1Cl. The average Bonchev–Trinajstić information content (AvgIpc) is 3.16. The summed E-state index contributed by atoms with van der Waals surface area (Å²) in [7, 11) is 0. The highest BCUT2D eigenvalue weighted by Crippen LogP contribution is 2.49. The van der Waals surface area contributed by atoms with Gasteiger partial charge >= 0.3 is 12.1 Å². The summed E-state index contributed by atoms with van der Waals surface area (Å²) in [6.07, 6.45) is 0.902.